The van der Waals surface area contributed by atoms with Crippen LogP contribution in [-0.4, -0.2) is 40.7 Å². The van der Waals surface area contributed by atoms with Crippen molar-refractivity contribution in [3.63, 3.8) is 0 Å². The SMILES string of the molecule is C1=NCCc2ncc(-c3ccnn3C3COC3)cc21. The Morgan fingerprint density at radius 2 is 2.26 bits per heavy atom. The first-order valence-electron chi connectivity index (χ1n) is 6.52. The molecule has 5 heteroatoms. The monoisotopic (exact) mass is 254 g/mol. The molecule has 0 unspecified atom stereocenters. The summed E-state index contributed by atoms with van der Waals surface area (Å²) in [5, 5.41) is 4.40. The van der Waals surface area contributed by atoms with Crippen LogP contribution >= 0.6 is 0 Å². The molecule has 0 aliphatic carbocycles. The minimum absolute atomic E-state index is 0.356. The van der Waals surface area contributed by atoms with Crippen molar-refractivity contribution < 1.29 is 4.74 Å². The van der Waals surface area contributed by atoms with E-state index in [4.69, 9.17) is 4.74 Å². The summed E-state index contributed by atoms with van der Waals surface area (Å²) in [4.78, 5) is 8.87. The third kappa shape index (κ3) is 1.77. The normalized spacial score (nSPS) is 18.1. The second kappa shape index (κ2) is 4.28. The molecule has 1 fully saturated rings. The van der Waals surface area contributed by atoms with Crippen molar-refractivity contribution in [2.75, 3.05) is 19.8 Å². The number of ether oxygens (including phenoxy) is 1. The van der Waals surface area contributed by atoms with Crippen molar-refractivity contribution in [1.82, 2.24) is 14.8 Å². The molecule has 1 saturated heterocycles. The minimum atomic E-state index is 0.356. The van der Waals surface area contributed by atoms with Crippen molar-refractivity contribution in [1.29, 1.82) is 0 Å². The number of rotatable bonds is 2. The Labute approximate surface area is 111 Å². The molecule has 96 valence electrons. The van der Waals surface area contributed by atoms with E-state index in [0.29, 0.717) is 6.04 Å². The summed E-state index contributed by atoms with van der Waals surface area (Å²) in [6, 6.07) is 4.54. The van der Waals surface area contributed by atoms with Crippen molar-refractivity contribution >= 4 is 6.21 Å². The van der Waals surface area contributed by atoms with E-state index in [9.17, 15) is 0 Å². The Balaban J connectivity index is 1.76. The van der Waals surface area contributed by atoms with E-state index in [1.165, 1.54) is 0 Å². The summed E-state index contributed by atoms with van der Waals surface area (Å²) in [7, 11) is 0. The summed E-state index contributed by atoms with van der Waals surface area (Å²) in [6.07, 6.45) is 6.62. The van der Waals surface area contributed by atoms with E-state index in [1.807, 2.05) is 29.4 Å². The molecule has 4 rings (SSSR count). The fourth-order valence-electron chi connectivity index (χ4n) is 2.50. The molecule has 0 bridgehead atoms. The highest BCUT2D eigenvalue weighted by atomic mass is 16.5. The number of pyridine rings is 1. The maximum absolute atomic E-state index is 5.24. The van der Waals surface area contributed by atoms with E-state index in [-0.39, 0.29) is 0 Å². The predicted octanol–water partition coefficient (Wildman–Crippen LogP) is 1.49. The quantitative estimate of drug-likeness (QED) is 0.816. The number of hydrogen-bond donors (Lipinski definition) is 0. The average Bonchev–Trinajstić information content (AvgIpc) is 2.85. The summed E-state index contributed by atoms with van der Waals surface area (Å²) < 4.78 is 7.28. The minimum Gasteiger partial charge on any atom is -0.377 e. The highest BCUT2D eigenvalue weighted by Gasteiger charge is 2.24. The van der Waals surface area contributed by atoms with Crippen molar-refractivity contribution in [3.05, 3.63) is 35.8 Å². The molecule has 5 nitrogen and oxygen atoms in total. The van der Waals surface area contributed by atoms with E-state index in [0.717, 1.165) is 48.7 Å². The van der Waals surface area contributed by atoms with E-state index in [1.54, 1.807) is 0 Å². The third-order valence-corrected chi connectivity index (χ3v) is 3.64. The molecule has 2 aliphatic rings. The number of aromatic nitrogens is 3. The van der Waals surface area contributed by atoms with Gasteiger partial charge in [0.25, 0.3) is 0 Å². The van der Waals surface area contributed by atoms with Crippen LogP contribution < -0.4 is 0 Å². The number of hydrogen-bond acceptors (Lipinski definition) is 4. The molecule has 0 amide bonds. The molecule has 4 heterocycles. The van der Waals surface area contributed by atoms with Gasteiger partial charge in [-0.25, -0.2) is 0 Å². The molecule has 0 atom stereocenters. The highest BCUT2D eigenvalue weighted by molar-refractivity contribution is 5.84. The molecule has 19 heavy (non-hydrogen) atoms. The summed E-state index contributed by atoms with van der Waals surface area (Å²) in [6.45, 7) is 2.33. The first-order chi connectivity index (χ1) is 9.42. The van der Waals surface area contributed by atoms with E-state index in [2.05, 4.69) is 21.1 Å². The van der Waals surface area contributed by atoms with Gasteiger partial charge in [-0.15, -0.1) is 0 Å². The van der Waals surface area contributed by atoms with Gasteiger partial charge in [-0.1, -0.05) is 0 Å². The molecule has 2 aliphatic heterocycles. The molecule has 0 aromatic carbocycles. The van der Waals surface area contributed by atoms with Crippen LogP contribution in [0.4, 0.5) is 0 Å². The molecule has 0 radical (unpaired) electrons. The fraction of sp³-hybridized carbons (Fsp3) is 0.357. The van der Waals surface area contributed by atoms with Gasteiger partial charge in [-0.2, -0.15) is 5.10 Å². The van der Waals surface area contributed by atoms with Gasteiger partial charge in [-0.3, -0.25) is 14.7 Å². The van der Waals surface area contributed by atoms with E-state index >= 15 is 0 Å². The first-order valence-corrected chi connectivity index (χ1v) is 6.52. The molecule has 0 N–H and O–H groups in total. The zero-order valence-corrected chi connectivity index (χ0v) is 10.5. The summed E-state index contributed by atoms with van der Waals surface area (Å²) in [5.74, 6) is 0. The van der Waals surface area contributed by atoms with Gasteiger partial charge in [-0.05, 0) is 12.1 Å². The van der Waals surface area contributed by atoms with Crippen molar-refractivity contribution in [2.45, 2.75) is 12.5 Å². The van der Waals surface area contributed by atoms with Crippen LogP contribution in [0.1, 0.15) is 17.3 Å². The lowest BCUT2D eigenvalue weighted by atomic mass is 10.1. The largest absolute Gasteiger partial charge is 0.377 e. The van der Waals surface area contributed by atoms with Crippen molar-refractivity contribution in [3.8, 4) is 11.3 Å². The maximum atomic E-state index is 5.24. The van der Waals surface area contributed by atoms with Crippen LogP contribution in [0.5, 0.6) is 0 Å². The Bertz CT molecular complexity index is 643. The van der Waals surface area contributed by atoms with E-state index < -0.39 is 0 Å². The van der Waals surface area contributed by atoms with Crippen LogP contribution in [0, 0.1) is 0 Å². The van der Waals surface area contributed by atoms with Gasteiger partial charge in [0.1, 0.15) is 0 Å². The van der Waals surface area contributed by atoms with Crippen LogP contribution in [-0.2, 0) is 11.2 Å². The smallest absolute Gasteiger partial charge is 0.0992 e. The lowest BCUT2D eigenvalue weighted by Crippen LogP contribution is -2.31. The van der Waals surface area contributed by atoms with Crippen molar-refractivity contribution in [2.24, 2.45) is 4.99 Å². The standard InChI is InChI=1S/C14H14N4O/c1-3-15-6-10-5-11(7-16-13(1)10)14-2-4-17-18(14)12-8-19-9-12/h2,4-7,12H,1,3,8-9H2. The lowest BCUT2D eigenvalue weighted by molar-refractivity contribution is -0.0278. The molecular formula is C14H14N4O. The Morgan fingerprint density at radius 3 is 3.11 bits per heavy atom. The fourth-order valence-corrected chi connectivity index (χ4v) is 2.50. The van der Waals surface area contributed by atoms with Gasteiger partial charge in [0.2, 0.25) is 0 Å². The first kappa shape index (κ1) is 10.9. The molecule has 0 saturated carbocycles. The average molecular weight is 254 g/mol. The number of fused-ring (bicyclic) bond motifs is 1. The highest BCUT2D eigenvalue weighted by Crippen LogP contribution is 2.26. The number of nitrogens with zero attached hydrogens (tertiary/aromatic N) is 4. The third-order valence-electron chi connectivity index (χ3n) is 3.64. The molecule has 2 aromatic rings. The predicted molar refractivity (Wildman–Crippen MR) is 71.5 cm³/mol. The lowest BCUT2D eigenvalue weighted by Gasteiger charge is -2.27. The van der Waals surface area contributed by atoms with Gasteiger partial charge in [0.05, 0.1) is 30.6 Å². The second-order valence-corrected chi connectivity index (χ2v) is 4.90. The zero-order valence-electron chi connectivity index (χ0n) is 10.5. The second-order valence-electron chi connectivity index (χ2n) is 4.90. The molecule has 2 aromatic heterocycles. The summed E-state index contributed by atoms with van der Waals surface area (Å²) >= 11 is 0. The maximum Gasteiger partial charge on any atom is 0.0992 e. The van der Waals surface area contributed by atoms with Crippen LogP contribution in [0.25, 0.3) is 11.3 Å². The molecule has 0 spiro atoms. The Kier molecular flexibility index (Phi) is 2.45. The Morgan fingerprint density at radius 1 is 1.32 bits per heavy atom. The topological polar surface area (TPSA) is 52.3 Å². The van der Waals surface area contributed by atoms with Gasteiger partial charge in [0, 0.05) is 42.7 Å². The van der Waals surface area contributed by atoms with Crippen LogP contribution in [0.3, 0.4) is 0 Å². The van der Waals surface area contributed by atoms with Crippen LogP contribution in [0.2, 0.25) is 0 Å². The number of aliphatic imine (C=N–C) groups is 1. The van der Waals surface area contributed by atoms with Gasteiger partial charge in [0.15, 0.2) is 0 Å². The molecular weight excluding hydrogens is 240 g/mol. The van der Waals surface area contributed by atoms with Gasteiger partial charge >= 0.3 is 0 Å². The van der Waals surface area contributed by atoms with Gasteiger partial charge < -0.3 is 4.74 Å². The Hall–Kier alpha value is -2.01. The summed E-state index contributed by atoms with van der Waals surface area (Å²) in [5.41, 5.74) is 4.46. The van der Waals surface area contributed by atoms with Crippen LogP contribution in [0.15, 0.2) is 29.5 Å². The zero-order chi connectivity index (χ0) is 12.7.